The lowest BCUT2D eigenvalue weighted by molar-refractivity contribution is -0.144. The number of unbranched alkanes of at least 4 members (excludes halogenated alkanes) is 30. The predicted molar refractivity (Wildman–Crippen MR) is 398 cm³/mol. The van der Waals surface area contributed by atoms with Crippen LogP contribution in [0.1, 0.15) is 308 Å². The number of amides is 1. The second-order valence-electron chi connectivity index (χ2n) is 27.1. The SMILES string of the molecule is CCCCCCCOC(=O)CCCCCCCCN(CCCCCCCCC(=O)OCCCCCCC)CCOCCOCCN(CCCCCCCCC(=O)OCCCCCCC)CCCCCC(=O)Nc1nc(OCCCC)nc2c1[nH]c(=O)n2Cc1cccc(CC(=O)OC)c1. The van der Waals surface area contributed by atoms with Crippen molar-refractivity contribution in [2.24, 2.45) is 0 Å². The Morgan fingerprint density at radius 3 is 1.29 bits per heavy atom. The van der Waals surface area contributed by atoms with E-state index in [9.17, 15) is 28.8 Å². The molecule has 0 fully saturated rings. The molecule has 20 heteroatoms. The van der Waals surface area contributed by atoms with Crippen LogP contribution in [0.25, 0.3) is 11.2 Å². The van der Waals surface area contributed by atoms with Gasteiger partial charge in [-0.15, -0.1) is 0 Å². The Balaban J connectivity index is 1.49. The van der Waals surface area contributed by atoms with Crippen molar-refractivity contribution in [3.05, 3.63) is 45.9 Å². The number of nitrogens with zero attached hydrogens (tertiary/aromatic N) is 5. The largest absolute Gasteiger partial charge is 0.469 e. The number of aromatic nitrogens is 4. The van der Waals surface area contributed by atoms with E-state index < -0.39 is 5.69 Å². The number of carbonyl (C=O) groups is 5. The molecule has 3 rings (SSSR count). The van der Waals surface area contributed by atoms with E-state index >= 15 is 0 Å². The molecule has 1 amide bonds. The number of carbonyl (C=O) groups excluding carboxylic acids is 5. The van der Waals surface area contributed by atoms with Crippen molar-refractivity contribution in [3.8, 4) is 6.01 Å². The summed E-state index contributed by atoms with van der Waals surface area (Å²) in [6, 6.07) is 7.47. The molecule has 2 aromatic heterocycles. The minimum atomic E-state index is -0.416. The number of anilines is 1. The van der Waals surface area contributed by atoms with Crippen molar-refractivity contribution < 1.29 is 57.1 Å². The third-order valence-corrected chi connectivity index (χ3v) is 18.2. The van der Waals surface area contributed by atoms with Gasteiger partial charge in [0.15, 0.2) is 11.5 Å². The fourth-order valence-corrected chi connectivity index (χ4v) is 12.1. The van der Waals surface area contributed by atoms with Gasteiger partial charge in [0.05, 0.1) is 72.9 Å². The van der Waals surface area contributed by atoms with E-state index in [1.54, 1.807) is 0 Å². The van der Waals surface area contributed by atoms with Gasteiger partial charge in [-0.2, -0.15) is 9.97 Å². The molecule has 20 nitrogen and oxygen atoms in total. The average Bonchev–Trinajstić information content (AvgIpc) is 1.64. The highest BCUT2D eigenvalue weighted by Crippen LogP contribution is 2.23. The number of methoxy groups -OCH3 is 1. The molecule has 3 aromatic rings. The zero-order chi connectivity index (χ0) is 71.3. The predicted octanol–water partition coefficient (Wildman–Crippen LogP) is 16.9. The Kier molecular flexibility index (Phi) is 54.3. The molecule has 566 valence electrons. The molecule has 0 saturated carbocycles. The van der Waals surface area contributed by atoms with E-state index in [1.807, 2.05) is 24.3 Å². The maximum absolute atomic E-state index is 13.6. The molecular weight excluding hydrogens is 1250 g/mol. The number of hydrogen-bond donors (Lipinski definition) is 2. The first-order valence-corrected chi connectivity index (χ1v) is 39.6. The summed E-state index contributed by atoms with van der Waals surface area (Å²) < 4.78 is 41.1. The van der Waals surface area contributed by atoms with Crippen LogP contribution in [0.5, 0.6) is 6.01 Å². The van der Waals surface area contributed by atoms with Gasteiger partial charge < -0.3 is 53.3 Å². The third kappa shape index (κ3) is 46.7. The van der Waals surface area contributed by atoms with Gasteiger partial charge in [0.2, 0.25) is 5.91 Å². The molecule has 1 aromatic carbocycles. The fourth-order valence-electron chi connectivity index (χ4n) is 12.1. The van der Waals surface area contributed by atoms with Gasteiger partial charge in [0.25, 0.3) is 0 Å². The van der Waals surface area contributed by atoms with E-state index in [1.165, 1.54) is 95.1 Å². The van der Waals surface area contributed by atoms with Gasteiger partial charge >= 0.3 is 35.6 Å². The van der Waals surface area contributed by atoms with Crippen LogP contribution < -0.4 is 15.7 Å². The van der Waals surface area contributed by atoms with Crippen LogP contribution >= 0.6 is 0 Å². The topological polar surface area (TPSA) is 232 Å². The first-order chi connectivity index (χ1) is 48.5. The number of ether oxygens (including phenoxy) is 7. The maximum atomic E-state index is 13.6. The number of imidazole rings is 1. The quantitative estimate of drug-likeness (QED) is 0.0304. The Morgan fingerprint density at radius 1 is 0.434 bits per heavy atom. The number of H-pyrrole nitrogens is 1. The lowest BCUT2D eigenvalue weighted by atomic mass is 10.1. The lowest BCUT2D eigenvalue weighted by Crippen LogP contribution is -2.31. The molecule has 0 spiro atoms. The highest BCUT2D eigenvalue weighted by atomic mass is 16.5. The van der Waals surface area contributed by atoms with Crippen LogP contribution in [-0.2, 0) is 65.4 Å². The number of fused-ring (bicyclic) bond motifs is 1. The van der Waals surface area contributed by atoms with Crippen molar-refractivity contribution >= 4 is 46.8 Å². The molecule has 0 bridgehead atoms. The Morgan fingerprint density at radius 2 is 0.838 bits per heavy atom. The van der Waals surface area contributed by atoms with Gasteiger partial charge in [-0.25, -0.2) is 4.79 Å². The van der Waals surface area contributed by atoms with Crippen LogP contribution in [0.15, 0.2) is 29.1 Å². The van der Waals surface area contributed by atoms with Crippen molar-refractivity contribution in [2.45, 2.75) is 310 Å². The van der Waals surface area contributed by atoms with Crippen LogP contribution in [0.2, 0.25) is 0 Å². The molecule has 0 radical (unpaired) electrons. The fraction of sp³-hybridized carbons (Fsp3) is 0.797. The normalized spacial score (nSPS) is 11.5. The van der Waals surface area contributed by atoms with E-state index in [0.717, 1.165) is 204 Å². The molecule has 2 heterocycles. The molecule has 0 atom stereocenters. The smallest absolute Gasteiger partial charge is 0.328 e. The van der Waals surface area contributed by atoms with Gasteiger partial charge in [-0.05, 0) is 114 Å². The Hall–Kier alpha value is -5.44. The van der Waals surface area contributed by atoms with Crippen LogP contribution in [-0.4, -0.2) is 158 Å². The molecule has 99 heavy (non-hydrogen) atoms. The minimum absolute atomic E-state index is 0.0506. The number of esters is 4. The zero-order valence-corrected chi connectivity index (χ0v) is 62.9. The highest BCUT2D eigenvalue weighted by molar-refractivity contribution is 5.97. The van der Waals surface area contributed by atoms with Gasteiger partial charge in [-0.1, -0.05) is 219 Å². The van der Waals surface area contributed by atoms with Crippen molar-refractivity contribution in [3.63, 3.8) is 0 Å². The van der Waals surface area contributed by atoms with E-state index in [0.29, 0.717) is 89.7 Å². The van der Waals surface area contributed by atoms with Crippen molar-refractivity contribution in [1.29, 1.82) is 0 Å². The summed E-state index contributed by atoms with van der Waals surface area (Å²) in [7, 11) is 1.35. The number of hydrogen-bond acceptors (Lipinski definition) is 17. The third-order valence-electron chi connectivity index (χ3n) is 18.2. The monoisotopic (exact) mass is 1390 g/mol. The highest BCUT2D eigenvalue weighted by Gasteiger charge is 2.20. The van der Waals surface area contributed by atoms with Gasteiger partial charge in [-0.3, -0.25) is 28.5 Å². The maximum Gasteiger partial charge on any atom is 0.328 e. The molecule has 0 saturated heterocycles. The summed E-state index contributed by atoms with van der Waals surface area (Å²) in [6.07, 6.45) is 42.8. The lowest BCUT2D eigenvalue weighted by Gasteiger charge is -2.23. The van der Waals surface area contributed by atoms with Crippen LogP contribution in [0, 0.1) is 0 Å². The summed E-state index contributed by atoms with van der Waals surface area (Å²) in [5, 5.41) is 2.96. The first-order valence-electron chi connectivity index (χ1n) is 39.6. The van der Waals surface area contributed by atoms with Gasteiger partial charge in [0.1, 0.15) is 5.52 Å². The number of rotatable bonds is 69. The van der Waals surface area contributed by atoms with E-state index in [-0.39, 0.29) is 61.0 Å². The second-order valence-corrected chi connectivity index (χ2v) is 27.1. The molecular formula is C79H137N7O13. The number of nitrogens with one attached hydrogen (secondary N) is 2. The van der Waals surface area contributed by atoms with Crippen molar-refractivity contribution in [2.75, 3.05) is 105 Å². The summed E-state index contributed by atoms with van der Waals surface area (Å²) >= 11 is 0. The molecule has 0 unspecified atom stereocenters. The molecule has 0 aliphatic rings. The summed E-state index contributed by atoms with van der Waals surface area (Å²) in [5.74, 6) is -0.562. The van der Waals surface area contributed by atoms with Crippen LogP contribution in [0.3, 0.4) is 0 Å². The minimum Gasteiger partial charge on any atom is -0.469 e. The molecule has 0 aliphatic carbocycles. The molecule has 2 N–H and O–H groups in total. The van der Waals surface area contributed by atoms with Crippen molar-refractivity contribution in [1.82, 2.24) is 29.3 Å². The standard InChI is InChI=1S/C79H137N7O13/c1-6-10-14-29-41-58-96-71(88)48-34-23-17-20-26-37-51-84(52-38-27-21-18-24-35-49-72(89)97-59-42-30-15-11-7-2)55-61-94-63-64-95-62-56-85(53-39-28-22-19-25-36-50-73(90)98-60-43-31-16-12-8-3)54-40-32-33-47-70(87)80-76-75-77(83-78(82-76)99-57-13-9-4)86(79(92)81-75)67-69-46-44-45-68(65-69)66-74(91)93-5/h44-46,65H,6-43,47-64,66-67H2,1-5H3,(H,81,92)(H,80,82,83,87). The zero-order valence-electron chi connectivity index (χ0n) is 62.9. The molecule has 0 aliphatic heterocycles. The Bertz CT molecular complexity index is 2530. The van der Waals surface area contributed by atoms with Gasteiger partial charge in [0, 0.05) is 38.8 Å². The summed E-state index contributed by atoms with van der Waals surface area (Å²) in [5.41, 5.74) is 1.74. The van der Waals surface area contributed by atoms with E-state index in [2.05, 4.69) is 57.8 Å². The number of aromatic amines is 1. The summed E-state index contributed by atoms with van der Waals surface area (Å²) in [6.45, 7) is 18.8. The average molecular weight is 1390 g/mol. The van der Waals surface area contributed by atoms with E-state index in [4.69, 9.17) is 33.2 Å². The second kappa shape index (κ2) is 61.2. The van der Waals surface area contributed by atoms with Crippen LogP contribution in [0.4, 0.5) is 5.82 Å². The number of benzene rings is 1. The first kappa shape index (κ1) is 87.8. The summed E-state index contributed by atoms with van der Waals surface area (Å²) in [4.78, 5) is 92.9. The Labute approximate surface area is 597 Å².